The number of fused-ring (bicyclic) bond motifs is 3. The van der Waals surface area contributed by atoms with E-state index in [1.165, 1.54) is 19.8 Å². The molecule has 2 aromatic rings. The zero-order chi connectivity index (χ0) is 23.9. The standard InChI is InChI=1S/C24H35N5O3S/c1-14-15(2)33-22-18(14)19(26-16(3)30)20-21(31)29(12-11-25)24(4,13-28(20)22)23(32)27-17-9-7-5-6-8-10-17/h17H,5-13,25H2,1-4H3,(H,26,30)(H,27,32). The fourth-order valence-corrected chi connectivity index (χ4v) is 6.47. The van der Waals surface area contributed by atoms with Crippen LogP contribution in [-0.4, -0.2) is 51.9 Å². The fourth-order valence-electron chi connectivity index (χ4n) is 5.30. The zero-order valence-corrected chi connectivity index (χ0v) is 20.9. The minimum absolute atomic E-state index is 0.130. The van der Waals surface area contributed by atoms with Crippen LogP contribution in [-0.2, 0) is 16.1 Å². The quantitative estimate of drug-likeness (QED) is 0.579. The van der Waals surface area contributed by atoms with Crippen LogP contribution in [0.2, 0.25) is 0 Å². The minimum Gasteiger partial charge on any atom is -0.351 e. The van der Waals surface area contributed by atoms with Gasteiger partial charge in [0.2, 0.25) is 11.8 Å². The molecule has 0 spiro atoms. The third kappa shape index (κ3) is 4.05. The molecule has 4 N–H and O–H groups in total. The highest BCUT2D eigenvalue weighted by molar-refractivity contribution is 7.19. The average Bonchev–Trinajstić information content (AvgIpc) is 3.05. The Labute approximate surface area is 198 Å². The monoisotopic (exact) mass is 473 g/mol. The Morgan fingerprint density at radius 1 is 1.18 bits per heavy atom. The van der Waals surface area contributed by atoms with Crippen molar-refractivity contribution in [3.05, 3.63) is 16.1 Å². The highest BCUT2D eigenvalue weighted by Gasteiger charge is 2.49. The van der Waals surface area contributed by atoms with E-state index >= 15 is 0 Å². The number of carbonyl (C=O) groups is 3. The molecule has 8 nitrogen and oxygen atoms in total. The van der Waals surface area contributed by atoms with Gasteiger partial charge in [0.25, 0.3) is 5.91 Å². The first-order chi connectivity index (χ1) is 15.7. The largest absolute Gasteiger partial charge is 0.351 e. The Morgan fingerprint density at radius 3 is 2.45 bits per heavy atom. The smallest absolute Gasteiger partial charge is 0.273 e. The van der Waals surface area contributed by atoms with Crippen LogP contribution in [0.15, 0.2) is 0 Å². The van der Waals surface area contributed by atoms with Gasteiger partial charge in [-0.2, -0.15) is 0 Å². The number of rotatable bonds is 5. The van der Waals surface area contributed by atoms with Gasteiger partial charge in [0.05, 0.1) is 12.2 Å². The summed E-state index contributed by atoms with van der Waals surface area (Å²) in [4.78, 5) is 43.2. The molecule has 3 amide bonds. The van der Waals surface area contributed by atoms with Gasteiger partial charge in [-0.05, 0) is 39.2 Å². The molecule has 0 radical (unpaired) electrons. The van der Waals surface area contributed by atoms with E-state index in [4.69, 9.17) is 5.73 Å². The van der Waals surface area contributed by atoms with Crippen LogP contribution in [0, 0.1) is 13.8 Å². The number of nitrogens with two attached hydrogens (primary N) is 1. The van der Waals surface area contributed by atoms with Gasteiger partial charge in [0, 0.05) is 36.3 Å². The van der Waals surface area contributed by atoms with Crippen molar-refractivity contribution in [3.8, 4) is 0 Å². The Kier molecular flexibility index (Phi) is 6.55. The molecule has 0 bridgehead atoms. The van der Waals surface area contributed by atoms with E-state index in [1.54, 1.807) is 16.2 Å². The molecular weight excluding hydrogens is 438 g/mol. The molecule has 4 rings (SSSR count). The molecule has 9 heteroatoms. The predicted molar refractivity (Wildman–Crippen MR) is 132 cm³/mol. The second-order valence-electron chi connectivity index (χ2n) is 9.64. The maximum absolute atomic E-state index is 13.9. The van der Waals surface area contributed by atoms with Crippen molar-refractivity contribution in [1.29, 1.82) is 0 Å². The van der Waals surface area contributed by atoms with Crippen molar-refractivity contribution in [2.24, 2.45) is 5.73 Å². The van der Waals surface area contributed by atoms with Gasteiger partial charge in [-0.25, -0.2) is 0 Å². The Bertz CT molecular complexity index is 1100. The number of carbonyl (C=O) groups excluding carboxylic acids is 3. The van der Waals surface area contributed by atoms with Crippen LogP contribution in [0.4, 0.5) is 5.69 Å². The molecule has 2 aliphatic rings. The van der Waals surface area contributed by atoms with Crippen molar-refractivity contribution < 1.29 is 14.4 Å². The van der Waals surface area contributed by atoms with Gasteiger partial charge in [-0.1, -0.05) is 25.7 Å². The lowest BCUT2D eigenvalue weighted by atomic mass is 9.93. The van der Waals surface area contributed by atoms with Gasteiger partial charge < -0.3 is 25.8 Å². The minimum atomic E-state index is -1.07. The van der Waals surface area contributed by atoms with Crippen LogP contribution in [0.25, 0.3) is 10.2 Å². The lowest BCUT2D eigenvalue weighted by Crippen LogP contribution is -2.65. The average molecular weight is 474 g/mol. The molecule has 1 atom stereocenters. The molecule has 1 saturated carbocycles. The SMILES string of the molecule is CC(=O)Nc1c2n(c3sc(C)c(C)c13)CC(C)(C(=O)NC1CCCCCC1)N(CCN)C2=O. The highest BCUT2D eigenvalue weighted by atomic mass is 32.1. The Morgan fingerprint density at radius 2 is 1.85 bits per heavy atom. The number of hydrogen-bond acceptors (Lipinski definition) is 5. The second-order valence-corrected chi connectivity index (χ2v) is 10.8. The molecular formula is C24H35N5O3S. The van der Waals surface area contributed by atoms with E-state index in [1.807, 2.05) is 25.3 Å². The van der Waals surface area contributed by atoms with Gasteiger partial charge in [0.1, 0.15) is 16.1 Å². The van der Waals surface area contributed by atoms with Gasteiger partial charge in [0.15, 0.2) is 0 Å². The number of nitrogens with zero attached hydrogens (tertiary/aromatic N) is 2. The van der Waals surface area contributed by atoms with E-state index in [0.717, 1.165) is 46.3 Å². The maximum atomic E-state index is 13.9. The molecule has 3 heterocycles. The lowest BCUT2D eigenvalue weighted by molar-refractivity contribution is -0.133. The van der Waals surface area contributed by atoms with E-state index < -0.39 is 5.54 Å². The van der Waals surface area contributed by atoms with Gasteiger partial charge in [-0.15, -0.1) is 11.3 Å². The number of anilines is 1. The van der Waals surface area contributed by atoms with Crippen LogP contribution in [0.3, 0.4) is 0 Å². The summed E-state index contributed by atoms with van der Waals surface area (Å²) < 4.78 is 1.94. The first kappa shape index (κ1) is 23.8. The summed E-state index contributed by atoms with van der Waals surface area (Å²) in [6.45, 7) is 8.17. The summed E-state index contributed by atoms with van der Waals surface area (Å²) in [5.41, 5.74) is 6.83. The van der Waals surface area contributed by atoms with Crippen molar-refractivity contribution in [3.63, 3.8) is 0 Å². The topological polar surface area (TPSA) is 109 Å². The van der Waals surface area contributed by atoms with Crippen molar-refractivity contribution in [2.45, 2.75) is 84.3 Å². The fraction of sp³-hybridized carbons (Fsp3) is 0.625. The summed E-state index contributed by atoms with van der Waals surface area (Å²) in [5, 5.41) is 7.05. The van der Waals surface area contributed by atoms with Crippen molar-refractivity contribution in [2.75, 3.05) is 18.4 Å². The number of amides is 3. The van der Waals surface area contributed by atoms with Gasteiger partial charge >= 0.3 is 0 Å². The number of nitrogens with one attached hydrogen (secondary N) is 2. The van der Waals surface area contributed by atoms with Crippen molar-refractivity contribution >= 4 is 45.0 Å². The van der Waals surface area contributed by atoms with E-state index in [-0.39, 0.29) is 36.9 Å². The number of aryl methyl sites for hydroxylation is 2. The Hall–Kier alpha value is -2.39. The van der Waals surface area contributed by atoms with Crippen LogP contribution in [0.5, 0.6) is 0 Å². The summed E-state index contributed by atoms with van der Waals surface area (Å²) in [6, 6.07) is 0.138. The van der Waals surface area contributed by atoms with E-state index in [9.17, 15) is 14.4 Å². The first-order valence-corrected chi connectivity index (χ1v) is 12.7. The molecule has 1 fully saturated rings. The summed E-state index contributed by atoms with van der Waals surface area (Å²) in [7, 11) is 0. The highest BCUT2D eigenvalue weighted by Crippen LogP contribution is 2.44. The molecule has 33 heavy (non-hydrogen) atoms. The lowest BCUT2D eigenvalue weighted by Gasteiger charge is -2.44. The van der Waals surface area contributed by atoms with Crippen LogP contribution >= 0.6 is 11.3 Å². The number of thiophene rings is 1. The third-order valence-corrected chi connectivity index (χ3v) is 8.44. The molecule has 0 aromatic carbocycles. The van der Waals surface area contributed by atoms with Gasteiger partial charge in [-0.3, -0.25) is 14.4 Å². The first-order valence-electron chi connectivity index (χ1n) is 11.9. The normalized spacial score (nSPS) is 21.7. The summed E-state index contributed by atoms with van der Waals surface area (Å²) >= 11 is 1.59. The third-order valence-electron chi connectivity index (χ3n) is 7.21. The molecule has 180 valence electrons. The zero-order valence-electron chi connectivity index (χ0n) is 20.0. The Balaban J connectivity index is 1.80. The van der Waals surface area contributed by atoms with E-state index in [2.05, 4.69) is 10.6 Å². The van der Waals surface area contributed by atoms with Crippen molar-refractivity contribution in [1.82, 2.24) is 14.8 Å². The van der Waals surface area contributed by atoms with E-state index in [0.29, 0.717) is 17.9 Å². The summed E-state index contributed by atoms with van der Waals surface area (Å²) in [5.74, 6) is -0.629. The molecule has 1 aliphatic heterocycles. The second kappa shape index (κ2) is 9.10. The maximum Gasteiger partial charge on any atom is 0.273 e. The van der Waals surface area contributed by atoms with Crippen LogP contribution in [0.1, 0.15) is 73.3 Å². The molecule has 0 saturated heterocycles. The molecule has 2 aromatic heterocycles. The molecule has 1 unspecified atom stereocenters. The predicted octanol–water partition coefficient (Wildman–Crippen LogP) is 3.29. The number of hydrogen-bond donors (Lipinski definition) is 3. The molecule has 1 aliphatic carbocycles. The van der Waals surface area contributed by atoms with Crippen LogP contribution < -0.4 is 16.4 Å². The summed E-state index contributed by atoms with van der Waals surface area (Å²) in [6.07, 6.45) is 6.58. The number of aromatic nitrogens is 1.